The number of nitrogens with zero attached hydrogens (tertiary/aromatic N) is 1. The van der Waals surface area contributed by atoms with E-state index in [0.717, 1.165) is 25.1 Å². The number of hydrogen-bond donors (Lipinski definition) is 2. The summed E-state index contributed by atoms with van der Waals surface area (Å²) in [5, 5.41) is 3.93. The summed E-state index contributed by atoms with van der Waals surface area (Å²) in [7, 11) is 0. The Bertz CT molecular complexity index is 899. The first kappa shape index (κ1) is 18.9. The number of primary amides is 1. The number of amides is 1. The summed E-state index contributed by atoms with van der Waals surface area (Å²) in [6, 6.07) is 19.1. The highest BCUT2D eigenvalue weighted by Gasteiger charge is 2.07. The van der Waals surface area contributed by atoms with Gasteiger partial charge in [-0.2, -0.15) is 0 Å². The number of aromatic nitrogens is 1. The average molecular weight is 382 g/mol. The molecule has 0 radical (unpaired) electrons. The molecule has 1 heterocycles. The van der Waals surface area contributed by atoms with Gasteiger partial charge in [-0.1, -0.05) is 48.0 Å². The third-order valence-electron chi connectivity index (χ3n) is 3.99. The molecule has 0 fully saturated rings. The molecule has 0 atom stereocenters. The largest absolute Gasteiger partial charge is 0.437 e. The van der Waals surface area contributed by atoms with Crippen molar-refractivity contribution in [1.82, 2.24) is 10.3 Å². The summed E-state index contributed by atoms with van der Waals surface area (Å²) in [4.78, 5) is 15.1. The van der Waals surface area contributed by atoms with Crippen molar-refractivity contribution in [3.8, 4) is 11.6 Å². The number of carbonyl (C=O) groups is 1. The molecule has 5 nitrogen and oxygen atoms in total. The van der Waals surface area contributed by atoms with Gasteiger partial charge in [0.15, 0.2) is 0 Å². The Balaban J connectivity index is 1.53. The summed E-state index contributed by atoms with van der Waals surface area (Å²) in [5.74, 6) is 0.327. The fourth-order valence-corrected chi connectivity index (χ4v) is 2.78. The fraction of sp³-hybridized carbons (Fsp3) is 0.143. The average Bonchev–Trinajstić information content (AvgIpc) is 2.68. The minimum absolute atomic E-state index is 0.326. The van der Waals surface area contributed by atoms with Crippen LogP contribution in [0.2, 0.25) is 5.02 Å². The first-order valence-corrected chi connectivity index (χ1v) is 8.96. The Morgan fingerprint density at radius 2 is 1.89 bits per heavy atom. The summed E-state index contributed by atoms with van der Waals surface area (Å²) in [5.41, 5.74) is 7.89. The number of rotatable bonds is 8. The normalized spacial score (nSPS) is 10.6. The van der Waals surface area contributed by atoms with Gasteiger partial charge in [0.25, 0.3) is 0 Å². The molecular formula is C21H20ClN3O2. The van der Waals surface area contributed by atoms with Gasteiger partial charge in [-0.15, -0.1) is 0 Å². The molecule has 6 heteroatoms. The number of carbonyl (C=O) groups excluding carboxylic acids is 1. The highest BCUT2D eigenvalue weighted by atomic mass is 35.5. The third kappa shape index (κ3) is 5.54. The number of halogens is 1. The zero-order valence-electron chi connectivity index (χ0n) is 14.7. The lowest BCUT2D eigenvalue weighted by molar-refractivity contribution is 0.1000. The molecule has 0 spiro atoms. The molecule has 1 amide bonds. The van der Waals surface area contributed by atoms with Crippen LogP contribution in [0.25, 0.3) is 0 Å². The van der Waals surface area contributed by atoms with Crippen LogP contribution in [0.15, 0.2) is 66.9 Å². The van der Waals surface area contributed by atoms with Gasteiger partial charge in [0.1, 0.15) is 5.75 Å². The maximum absolute atomic E-state index is 11.1. The molecule has 1 aromatic heterocycles. The number of hydrogen-bond acceptors (Lipinski definition) is 4. The summed E-state index contributed by atoms with van der Waals surface area (Å²) < 4.78 is 5.67. The Morgan fingerprint density at radius 1 is 1.07 bits per heavy atom. The standard InChI is InChI=1S/C21H20ClN3O2/c22-18-12-15(10-11-24-13-16-4-2-1-3-5-16)6-8-19(18)27-20-9-7-17(14-25-20)21(23)26/h1-9,12,14,24H,10-11,13H2,(H2,23,26). The Hall–Kier alpha value is -2.89. The van der Waals surface area contributed by atoms with Crippen molar-refractivity contribution in [2.45, 2.75) is 13.0 Å². The van der Waals surface area contributed by atoms with E-state index in [0.29, 0.717) is 22.2 Å². The van der Waals surface area contributed by atoms with E-state index >= 15 is 0 Å². The topological polar surface area (TPSA) is 77.2 Å². The van der Waals surface area contributed by atoms with E-state index in [1.807, 2.05) is 36.4 Å². The molecule has 0 unspecified atom stereocenters. The van der Waals surface area contributed by atoms with E-state index in [1.54, 1.807) is 12.1 Å². The van der Waals surface area contributed by atoms with E-state index in [1.165, 1.54) is 11.8 Å². The van der Waals surface area contributed by atoms with Crippen LogP contribution < -0.4 is 15.8 Å². The first-order valence-electron chi connectivity index (χ1n) is 8.58. The Kier molecular flexibility index (Phi) is 6.41. The molecule has 138 valence electrons. The molecule has 0 saturated carbocycles. The van der Waals surface area contributed by atoms with Crippen molar-refractivity contribution < 1.29 is 9.53 Å². The number of nitrogens with one attached hydrogen (secondary N) is 1. The Labute approximate surface area is 163 Å². The maximum Gasteiger partial charge on any atom is 0.250 e. The van der Waals surface area contributed by atoms with E-state index in [4.69, 9.17) is 22.1 Å². The number of nitrogens with two attached hydrogens (primary N) is 1. The summed E-state index contributed by atoms with van der Waals surface area (Å²) in [6.45, 7) is 1.68. The van der Waals surface area contributed by atoms with Crippen LogP contribution in [0.4, 0.5) is 0 Å². The van der Waals surface area contributed by atoms with Gasteiger partial charge >= 0.3 is 0 Å². The molecule has 0 aliphatic rings. The molecule has 2 aromatic carbocycles. The SMILES string of the molecule is NC(=O)c1ccc(Oc2ccc(CCNCc3ccccc3)cc2Cl)nc1. The van der Waals surface area contributed by atoms with Gasteiger partial charge in [-0.3, -0.25) is 4.79 Å². The Morgan fingerprint density at radius 3 is 2.56 bits per heavy atom. The van der Waals surface area contributed by atoms with Crippen LogP contribution in [0.3, 0.4) is 0 Å². The quantitative estimate of drug-likeness (QED) is 0.579. The number of benzene rings is 2. The van der Waals surface area contributed by atoms with Crippen LogP contribution in [-0.4, -0.2) is 17.4 Å². The fourth-order valence-electron chi connectivity index (χ4n) is 2.54. The van der Waals surface area contributed by atoms with Crippen molar-refractivity contribution in [3.05, 3.63) is 88.6 Å². The van der Waals surface area contributed by atoms with Gasteiger partial charge in [0.05, 0.1) is 10.6 Å². The number of pyridine rings is 1. The van der Waals surface area contributed by atoms with Gasteiger partial charge in [0, 0.05) is 18.8 Å². The van der Waals surface area contributed by atoms with Gasteiger partial charge < -0.3 is 15.8 Å². The second-order valence-electron chi connectivity index (χ2n) is 6.03. The molecular weight excluding hydrogens is 362 g/mol. The smallest absolute Gasteiger partial charge is 0.250 e. The molecule has 3 N–H and O–H groups in total. The molecule has 0 aliphatic carbocycles. The molecule has 27 heavy (non-hydrogen) atoms. The lowest BCUT2D eigenvalue weighted by Crippen LogP contribution is -2.16. The van der Waals surface area contributed by atoms with E-state index in [-0.39, 0.29) is 0 Å². The second-order valence-corrected chi connectivity index (χ2v) is 6.44. The highest BCUT2D eigenvalue weighted by Crippen LogP contribution is 2.29. The molecule has 0 bridgehead atoms. The summed E-state index contributed by atoms with van der Waals surface area (Å²) in [6.07, 6.45) is 2.23. The van der Waals surface area contributed by atoms with E-state index < -0.39 is 5.91 Å². The molecule has 3 aromatic rings. The highest BCUT2D eigenvalue weighted by molar-refractivity contribution is 6.32. The maximum atomic E-state index is 11.1. The van der Waals surface area contributed by atoms with Crippen LogP contribution in [0.1, 0.15) is 21.5 Å². The predicted molar refractivity (Wildman–Crippen MR) is 106 cm³/mol. The molecule has 3 rings (SSSR count). The zero-order chi connectivity index (χ0) is 19.1. The van der Waals surface area contributed by atoms with E-state index in [9.17, 15) is 4.79 Å². The van der Waals surface area contributed by atoms with Crippen LogP contribution >= 0.6 is 11.6 Å². The first-order chi connectivity index (χ1) is 13.1. The van der Waals surface area contributed by atoms with Crippen LogP contribution in [0, 0.1) is 0 Å². The van der Waals surface area contributed by atoms with Gasteiger partial charge in [0.2, 0.25) is 11.8 Å². The monoisotopic (exact) mass is 381 g/mol. The van der Waals surface area contributed by atoms with Crippen molar-refractivity contribution in [2.75, 3.05) is 6.54 Å². The van der Waals surface area contributed by atoms with Crippen molar-refractivity contribution in [3.63, 3.8) is 0 Å². The van der Waals surface area contributed by atoms with Gasteiger partial charge in [-0.05, 0) is 42.3 Å². The van der Waals surface area contributed by atoms with Crippen LogP contribution in [-0.2, 0) is 13.0 Å². The van der Waals surface area contributed by atoms with Gasteiger partial charge in [-0.25, -0.2) is 4.98 Å². The predicted octanol–water partition coefficient (Wildman–Crippen LogP) is 3.96. The lowest BCUT2D eigenvalue weighted by atomic mass is 10.1. The second kappa shape index (κ2) is 9.16. The molecule has 0 saturated heterocycles. The minimum atomic E-state index is -0.530. The molecule has 0 aliphatic heterocycles. The van der Waals surface area contributed by atoms with Crippen molar-refractivity contribution in [2.24, 2.45) is 5.73 Å². The summed E-state index contributed by atoms with van der Waals surface area (Å²) >= 11 is 6.32. The van der Waals surface area contributed by atoms with Crippen molar-refractivity contribution >= 4 is 17.5 Å². The lowest BCUT2D eigenvalue weighted by Gasteiger charge is -2.09. The van der Waals surface area contributed by atoms with Crippen LogP contribution in [0.5, 0.6) is 11.6 Å². The minimum Gasteiger partial charge on any atom is -0.437 e. The van der Waals surface area contributed by atoms with Crippen molar-refractivity contribution in [1.29, 1.82) is 0 Å². The zero-order valence-corrected chi connectivity index (χ0v) is 15.4. The third-order valence-corrected chi connectivity index (χ3v) is 4.29. The van der Waals surface area contributed by atoms with E-state index in [2.05, 4.69) is 22.4 Å². The number of ether oxygens (including phenoxy) is 1.